The summed E-state index contributed by atoms with van der Waals surface area (Å²) in [6.45, 7) is -0.0820. The molecular weight excluding hydrogens is 330 g/mol. The molecule has 5 nitrogen and oxygen atoms in total. The molecule has 0 amide bonds. The number of aromatic nitrogens is 1. The minimum absolute atomic E-state index is 0.0820. The number of rotatable bonds is 5. The summed E-state index contributed by atoms with van der Waals surface area (Å²) < 4.78 is 16.0. The first-order valence-corrected chi connectivity index (χ1v) is 7.56. The second-order valence-corrected chi connectivity index (χ2v) is 5.34. The summed E-state index contributed by atoms with van der Waals surface area (Å²) in [6, 6.07) is 14.3. The van der Waals surface area contributed by atoms with Crippen LogP contribution in [0.15, 0.2) is 59.1 Å². The normalized spacial score (nSPS) is 10.4. The van der Waals surface area contributed by atoms with Crippen LogP contribution in [0.2, 0.25) is 5.02 Å². The molecule has 0 N–H and O–H groups in total. The average molecular weight is 344 g/mol. The van der Waals surface area contributed by atoms with Gasteiger partial charge in [-0.3, -0.25) is 0 Å². The lowest BCUT2D eigenvalue weighted by molar-refractivity contribution is 0.0435. The van der Waals surface area contributed by atoms with Crippen molar-refractivity contribution in [2.45, 2.75) is 6.61 Å². The van der Waals surface area contributed by atoms with E-state index in [9.17, 15) is 4.79 Å². The van der Waals surface area contributed by atoms with E-state index in [1.54, 1.807) is 18.3 Å². The van der Waals surface area contributed by atoms with E-state index >= 15 is 0 Å². The highest BCUT2D eigenvalue weighted by Crippen LogP contribution is 2.24. The molecule has 6 heteroatoms. The van der Waals surface area contributed by atoms with Gasteiger partial charge >= 0.3 is 5.97 Å². The van der Waals surface area contributed by atoms with Gasteiger partial charge in [0.25, 0.3) is 0 Å². The average Bonchev–Trinajstić information content (AvgIpc) is 3.09. The highest BCUT2D eigenvalue weighted by Gasteiger charge is 2.16. The van der Waals surface area contributed by atoms with E-state index in [0.29, 0.717) is 22.4 Å². The topological polar surface area (TPSA) is 61.6 Å². The number of nitrogens with zero attached hydrogens (tertiary/aromatic N) is 1. The van der Waals surface area contributed by atoms with Crippen molar-refractivity contribution in [3.63, 3.8) is 0 Å². The van der Waals surface area contributed by atoms with Crippen LogP contribution in [0.4, 0.5) is 0 Å². The van der Waals surface area contributed by atoms with Gasteiger partial charge in [-0.05, 0) is 18.2 Å². The van der Waals surface area contributed by atoms with Gasteiger partial charge in [0.15, 0.2) is 12.4 Å². The molecule has 2 aromatic carbocycles. The number of carbonyl (C=O) groups is 1. The molecule has 0 radical (unpaired) electrons. The maximum atomic E-state index is 12.2. The van der Waals surface area contributed by atoms with Crippen LogP contribution in [-0.4, -0.2) is 18.1 Å². The molecule has 1 heterocycles. The molecule has 0 saturated carbocycles. The Hall–Kier alpha value is -2.79. The fraction of sp³-hybridized carbons (Fsp3) is 0.111. The smallest absolute Gasteiger partial charge is 0.342 e. The summed E-state index contributed by atoms with van der Waals surface area (Å²) in [5, 5.41) is 0.422. The number of hydrogen-bond donors (Lipinski definition) is 0. The van der Waals surface area contributed by atoms with Crippen molar-refractivity contribution >= 4 is 17.6 Å². The Balaban J connectivity index is 1.69. The number of halogens is 1. The number of methoxy groups -OCH3 is 1. The van der Waals surface area contributed by atoms with Crippen molar-refractivity contribution in [3.8, 4) is 17.1 Å². The third-order valence-electron chi connectivity index (χ3n) is 3.32. The van der Waals surface area contributed by atoms with E-state index in [1.165, 1.54) is 13.2 Å². The molecule has 1 aromatic heterocycles. The van der Waals surface area contributed by atoms with Crippen LogP contribution in [0.1, 0.15) is 16.2 Å². The Morgan fingerprint density at radius 3 is 2.75 bits per heavy atom. The standard InChI is InChI=1S/C18H14ClNO4/c1-22-15-8-7-13(19)9-14(15)18(21)23-11-17-20-10-16(24-17)12-5-3-2-4-6-12/h2-10H,11H2,1H3. The fourth-order valence-corrected chi connectivity index (χ4v) is 2.33. The number of carbonyl (C=O) groups excluding carboxylic acids is 1. The molecule has 3 rings (SSSR count). The summed E-state index contributed by atoms with van der Waals surface area (Å²) in [5.74, 6) is 0.751. The second-order valence-electron chi connectivity index (χ2n) is 4.91. The van der Waals surface area contributed by atoms with Crippen LogP contribution in [0, 0.1) is 0 Å². The van der Waals surface area contributed by atoms with Gasteiger partial charge in [-0.15, -0.1) is 0 Å². The zero-order valence-corrected chi connectivity index (χ0v) is 13.6. The van der Waals surface area contributed by atoms with Gasteiger partial charge in [-0.25, -0.2) is 9.78 Å². The Morgan fingerprint density at radius 1 is 1.21 bits per heavy atom. The van der Waals surface area contributed by atoms with Crippen LogP contribution in [-0.2, 0) is 11.3 Å². The van der Waals surface area contributed by atoms with Crippen LogP contribution in [0.3, 0.4) is 0 Å². The second kappa shape index (κ2) is 7.19. The minimum atomic E-state index is -0.561. The first kappa shape index (κ1) is 16.1. The molecule has 0 fully saturated rings. The molecule has 0 saturated heterocycles. The maximum Gasteiger partial charge on any atom is 0.342 e. The van der Waals surface area contributed by atoms with Crippen LogP contribution >= 0.6 is 11.6 Å². The van der Waals surface area contributed by atoms with E-state index in [1.807, 2.05) is 30.3 Å². The molecular formula is C18H14ClNO4. The van der Waals surface area contributed by atoms with Crippen molar-refractivity contribution in [1.82, 2.24) is 4.98 Å². The van der Waals surface area contributed by atoms with E-state index in [4.69, 9.17) is 25.5 Å². The fourth-order valence-electron chi connectivity index (χ4n) is 2.16. The highest BCUT2D eigenvalue weighted by atomic mass is 35.5. The van der Waals surface area contributed by atoms with Crippen molar-refractivity contribution < 1.29 is 18.7 Å². The van der Waals surface area contributed by atoms with Crippen molar-refractivity contribution in [2.24, 2.45) is 0 Å². The molecule has 3 aromatic rings. The predicted octanol–water partition coefficient (Wildman–Crippen LogP) is 4.36. The zero-order chi connectivity index (χ0) is 16.9. The maximum absolute atomic E-state index is 12.2. The first-order valence-electron chi connectivity index (χ1n) is 7.18. The zero-order valence-electron chi connectivity index (χ0n) is 12.9. The van der Waals surface area contributed by atoms with Gasteiger partial charge in [-0.2, -0.15) is 0 Å². The molecule has 122 valence electrons. The van der Waals surface area contributed by atoms with Crippen LogP contribution in [0.25, 0.3) is 11.3 Å². The lowest BCUT2D eigenvalue weighted by atomic mass is 10.2. The Kier molecular flexibility index (Phi) is 4.82. The third kappa shape index (κ3) is 3.58. The van der Waals surface area contributed by atoms with Crippen LogP contribution in [0.5, 0.6) is 5.75 Å². The summed E-state index contributed by atoms with van der Waals surface area (Å²) >= 11 is 5.91. The van der Waals surface area contributed by atoms with E-state index in [2.05, 4.69) is 4.98 Å². The molecule has 0 aliphatic heterocycles. The third-order valence-corrected chi connectivity index (χ3v) is 3.56. The minimum Gasteiger partial charge on any atom is -0.496 e. The van der Waals surface area contributed by atoms with Crippen molar-refractivity contribution in [1.29, 1.82) is 0 Å². The quantitative estimate of drug-likeness (QED) is 0.644. The van der Waals surface area contributed by atoms with Gasteiger partial charge in [0.1, 0.15) is 11.3 Å². The number of esters is 1. The predicted molar refractivity (Wildman–Crippen MR) is 89.1 cm³/mol. The molecule has 24 heavy (non-hydrogen) atoms. The van der Waals surface area contributed by atoms with Crippen molar-refractivity contribution in [3.05, 3.63) is 71.2 Å². The van der Waals surface area contributed by atoms with E-state index < -0.39 is 5.97 Å². The Bertz CT molecular complexity index is 845. The van der Waals surface area contributed by atoms with E-state index in [-0.39, 0.29) is 12.2 Å². The monoisotopic (exact) mass is 343 g/mol. The number of oxazole rings is 1. The highest BCUT2D eigenvalue weighted by molar-refractivity contribution is 6.31. The van der Waals surface area contributed by atoms with Gasteiger partial charge in [-0.1, -0.05) is 41.9 Å². The summed E-state index contributed by atoms with van der Waals surface area (Å²) in [4.78, 5) is 16.3. The first-order chi connectivity index (χ1) is 11.7. The summed E-state index contributed by atoms with van der Waals surface area (Å²) in [6.07, 6.45) is 1.60. The lowest BCUT2D eigenvalue weighted by Crippen LogP contribution is -2.07. The SMILES string of the molecule is COc1ccc(Cl)cc1C(=O)OCc1ncc(-c2ccccc2)o1. The Morgan fingerprint density at radius 2 is 2.00 bits per heavy atom. The lowest BCUT2D eigenvalue weighted by Gasteiger charge is -2.08. The molecule has 0 aliphatic carbocycles. The summed E-state index contributed by atoms with van der Waals surface area (Å²) in [7, 11) is 1.47. The largest absolute Gasteiger partial charge is 0.496 e. The van der Waals surface area contributed by atoms with Gasteiger partial charge in [0.2, 0.25) is 5.89 Å². The van der Waals surface area contributed by atoms with Gasteiger partial charge in [0, 0.05) is 10.6 Å². The number of benzene rings is 2. The molecule has 0 spiro atoms. The van der Waals surface area contributed by atoms with Crippen LogP contribution < -0.4 is 4.74 Å². The molecule has 0 bridgehead atoms. The van der Waals surface area contributed by atoms with Gasteiger partial charge < -0.3 is 13.9 Å². The number of ether oxygens (including phenoxy) is 2. The number of hydrogen-bond acceptors (Lipinski definition) is 5. The molecule has 0 aliphatic rings. The van der Waals surface area contributed by atoms with Gasteiger partial charge in [0.05, 0.1) is 13.3 Å². The molecule has 0 unspecified atom stereocenters. The summed E-state index contributed by atoms with van der Waals surface area (Å²) in [5.41, 5.74) is 1.15. The van der Waals surface area contributed by atoms with Crippen molar-refractivity contribution in [2.75, 3.05) is 7.11 Å². The van der Waals surface area contributed by atoms with E-state index in [0.717, 1.165) is 5.56 Å². The molecule has 0 atom stereocenters. The Labute approximate surface area is 143 Å².